The first kappa shape index (κ1) is 14.9. The van der Waals surface area contributed by atoms with Gasteiger partial charge in [0.15, 0.2) is 6.04 Å². The lowest BCUT2D eigenvalue weighted by molar-refractivity contribution is -0.137. The van der Waals surface area contributed by atoms with E-state index in [1.165, 1.54) is 17.3 Å². The van der Waals surface area contributed by atoms with Crippen molar-refractivity contribution in [1.82, 2.24) is 4.98 Å². The predicted molar refractivity (Wildman–Crippen MR) is 81.8 cm³/mol. The smallest absolute Gasteiger partial charge is 0.329 e. The molecule has 2 heterocycles. The summed E-state index contributed by atoms with van der Waals surface area (Å²) < 4.78 is 10.6. The summed E-state index contributed by atoms with van der Waals surface area (Å²) in [6.45, 7) is 2.04. The number of aromatic nitrogens is 1. The molecule has 2 aromatic rings. The highest BCUT2D eigenvalue weighted by molar-refractivity contribution is 8.15. The highest BCUT2D eigenvalue weighted by Gasteiger charge is 2.26. The van der Waals surface area contributed by atoms with Gasteiger partial charge < -0.3 is 5.11 Å². The van der Waals surface area contributed by atoms with E-state index >= 15 is 0 Å². The standard InChI is InChI=1S/C12H10N2O2S2.CH3F/c1-6-2-3-7-9(4-6)18-11(13-7)10-14-8(5-17-10)12(15)16;1-2/h2-4,8H,5H2,1H3,(H,15,16);1H3. The molecule has 0 amide bonds. The normalized spacial score (nSPS) is 17.6. The number of aliphatic carboxylic acids is 1. The van der Waals surface area contributed by atoms with E-state index in [1.807, 2.05) is 19.1 Å². The van der Waals surface area contributed by atoms with Crippen molar-refractivity contribution < 1.29 is 14.3 Å². The molecule has 0 radical (unpaired) electrons. The summed E-state index contributed by atoms with van der Waals surface area (Å²) in [5, 5.41) is 10.5. The topological polar surface area (TPSA) is 62.5 Å². The quantitative estimate of drug-likeness (QED) is 0.925. The molecule has 4 nitrogen and oxygen atoms in total. The summed E-state index contributed by atoms with van der Waals surface area (Å²) in [4.78, 5) is 19.6. The molecule has 0 saturated heterocycles. The van der Waals surface area contributed by atoms with Crippen molar-refractivity contribution in [3.05, 3.63) is 28.8 Å². The van der Waals surface area contributed by atoms with Crippen molar-refractivity contribution >= 4 is 44.3 Å². The molecule has 0 spiro atoms. The fourth-order valence-electron chi connectivity index (χ4n) is 1.74. The van der Waals surface area contributed by atoms with Gasteiger partial charge in [0.2, 0.25) is 0 Å². The van der Waals surface area contributed by atoms with Crippen LogP contribution in [0.25, 0.3) is 10.2 Å². The minimum Gasteiger partial charge on any atom is -0.480 e. The number of hydrogen-bond donors (Lipinski definition) is 1. The number of carbonyl (C=O) groups is 1. The van der Waals surface area contributed by atoms with Gasteiger partial charge in [0.1, 0.15) is 10.1 Å². The first-order chi connectivity index (χ1) is 9.63. The zero-order valence-electron chi connectivity index (χ0n) is 11.0. The maximum atomic E-state index is 10.9. The summed E-state index contributed by atoms with van der Waals surface area (Å²) in [6.07, 6.45) is 0. The van der Waals surface area contributed by atoms with E-state index in [-0.39, 0.29) is 0 Å². The highest BCUT2D eigenvalue weighted by atomic mass is 32.2. The Morgan fingerprint density at radius 3 is 2.85 bits per heavy atom. The van der Waals surface area contributed by atoms with Crippen molar-refractivity contribution in [3.63, 3.8) is 0 Å². The van der Waals surface area contributed by atoms with Crippen molar-refractivity contribution in [2.75, 3.05) is 12.9 Å². The Labute approximate surface area is 123 Å². The Morgan fingerprint density at radius 2 is 2.20 bits per heavy atom. The molecule has 0 fully saturated rings. The molecule has 0 bridgehead atoms. The summed E-state index contributed by atoms with van der Waals surface area (Å²) in [5.74, 6) is -0.367. The van der Waals surface area contributed by atoms with Gasteiger partial charge in [-0.1, -0.05) is 6.07 Å². The van der Waals surface area contributed by atoms with E-state index < -0.39 is 12.0 Å². The van der Waals surface area contributed by atoms with E-state index in [1.54, 1.807) is 11.3 Å². The van der Waals surface area contributed by atoms with Gasteiger partial charge in [-0.15, -0.1) is 23.1 Å². The van der Waals surface area contributed by atoms with Crippen LogP contribution in [0.5, 0.6) is 0 Å². The van der Waals surface area contributed by atoms with Gasteiger partial charge >= 0.3 is 5.97 Å². The maximum absolute atomic E-state index is 10.9. The second kappa shape index (κ2) is 6.32. The Bertz CT molecular complexity index is 669. The van der Waals surface area contributed by atoms with Crippen LogP contribution in [0.2, 0.25) is 0 Å². The average molecular weight is 312 g/mol. The molecule has 7 heteroatoms. The number of fused-ring (bicyclic) bond motifs is 1. The summed E-state index contributed by atoms with van der Waals surface area (Å²) in [5.41, 5.74) is 2.14. The van der Waals surface area contributed by atoms with Crippen LogP contribution < -0.4 is 0 Å². The third-order valence-corrected chi connectivity index (χ3v) is 4.87. The Morgan fingerprint density at radius 1 is 1.45 bits per heavy atom. The van der Waals surface area contributed by atoms with Gasteiger partial charge in [0.05, 0.1) is 17.4 Å². The zero-order chi connectivity index (χ0) is 14.7. The van der Waals surface area contributed by atoms with E-state index in [4.69, 9.17) is 5.11 Å². The van der Waals surface area contributed by atoms with E-state index in [0.29, 0.717) is 12.9 Å². The molecule has 0 aliphatic carbocycles. The number of thioether (sulfide) groups is 1. The van der Waals surface area contributed by atoms with Gasteiger partial charge in [0, 0.05) is 5.75 Å². The molecule has 1 aliphatic rings. The number of rotatable bonds is 2. The number of aryl methyl sites for hydroxylation is 1. The van der Waals surface area contributed by atoms with Crippen molar-refractivity contribution in [1.29, 1.82) is 0 Å². The third kappa shape index (κ3) is 2.99. The lowest BCUT2D eigenvalue weighted by Crippen LogP contribution is -2.17. The predicted octanol–water partition coefficient (Wildman–Crippen LogP) is 3.14. The van der Waals surface area contributed by atoms with Gasteiger partial charge in [-0.25, -0.2) is 9.78 Å². The molecule has 1 aromatic heterocycles. The molecule has 0 saturated carbocycles. The first-order valence-electron chi connectivity index (χ1n) is 5.82. The maximum Gasteiger partial charge on any atom is 0.329 e. The lowest BCUT2D eigenvalue weighted by atomic mass is 10.2. The number of hydrogen-bond acceptors (Lipinski definition) is 5. The number of aliphatic imine (C=N–C) groups is 1. The van der Waals surface area contributed by atoms with Gasteiger partial charge in [0.25, 0.3) is 0 Å². The molecular weight excluding hydrogens is 299 g/mol. The number of thiazole rings is 1. The van der Waals surface area contributed by atoms with Crippen LogP contribution in [0, 0.1) is 6.92 Å². The molecule has 1 aliphatic heterocycles. The zero-order valence-corrected chi connectivity index (χ0v) is 12.6. The number of benzene rings is 1. The first-order valence-corrected chi connectivity index (χ1v) is 7.62. The van der Waals surface area contributed by atoms with Crippen LogP contribution in [0.3, 0.4) is 0 Å². The van der Waals surface area contributed by atoms with Crippen molar-refractivity contribution in [3.8, 4) is 0 Å². The summed E-state index contributed by atoms with van der Waals surface area (Å²) in [6, 6.07) is 5.47. The molecule has 1 aromatic carbocycles. The molecule has 106 valence electrons. The van der Waals surface area contributed by atoms with E-state index in [9.17, 15) is 9.18 Å². The van der Waals surface area contributed by atoms with Crippen molar-refractivity contribution in [2.24, 2.45) is 4.99 Å². The Kier molecular flexibility index (Phi) is 4.72. The van der Waals surface area contributed by atoms with Crippen LogP contribution in [0.4, 0.5) is 4.39 Å². The number of alkyl halides is 1. The minimum atomic E-state index is -0.866. The largest absolute Gasteiger partial charge is 0.480 e. The molecule has 1 N–H and O–H groups in total. The van der Waals surface area contributed by atoms with E-state index in [2.05, 4.69) is 16.0 Å². The lowest BCUT2D eigenvalue weighted by Gasteiger charge is -1.93. The second-order valence-corrected chi connectivity index (χ2v) is 6.13. The molecule has 1 unspecified atom stereocenters. The second-order valence-electron chi connectivity index (χ2n) is 4.09. The Balaban J connectivity index is 0.000000704. The van der Waals surface area contributed by atoms with Gasteiger partial charge in [-0.05, 0) is 24.6 Å². The van der Waals surface area contributed by atoms with Crippen LogP contribution in [0.1, 0.15) is 10.6 Å². The number of nitrogens with zero attached hydrogens (tertiary/aromatic N) is 2. The highest BCUT2D eigenvalue weighted by Crippen LogP contribution is 2.30. The minimum absolute atomic E-state index is 0.500. The van der Waals surface area contributed by atoms with Crippen LogP contribution in [-0.4, -0.2) is 40.1 Å². The van der Waals surface area contributed by atoms with Gasteiger partial charge in [-0.2, -0.15) is 0 Å². The van der Waals surface area contributed by atoms with Crippen LogP contribution in [-0.2, 0) is 4.79 Å². The van der Waals surface area contributed by atoms with Crippen LogP contribution in [0.15, 0.2) is 23.2 Å². The Hall–Kier alpha value is -1.47. The van der Waals surface area contributed by atoms with E-state index in [0.717, 1.165) is 20.3 Å². The molecular formula is C13H13FN2O2S2. The molecule has 20 heavy (non-hydrogen) atoms. The fraction of sp³-hybridized carbons (Fsp3) is 0.308. The number of carboxylic acid groups (broad SMARTS) is 1. The van der Waals surface area contributed by atoms with Crippen molar-refractivity contribution in [2.45, 2.75) is 13.0 Å². The van der Waals surface area contributed by atoms with Crippen LogP contribution >= 0.6 is 23.1 Å². The fourth-order valence-corrected chi connectivity index (χ4v) is 3.90. The summed E-state index contributed by atoms with van der Waals surface area (Å²) in [7, 11) is 0.500. The molecule has 3 rings (SSSR count). The number of carboxylic acids is 1. The number of halogens is 1. The monoisotopic (exact) mass is 312 g/mol. The summed E-state index contributed by atoms with van der Waals surface area (Å²) >= 11 is 3.04. The SMILES string of the molecule is CF.Cc1ccc2nc(C3=NC(C(=O)O)CS3)sc2c1. The third-order valence-electron chi connectivity index (χ3n) is 2.66. The van der Waals surface area contributed by atoms with Gasteiger partial charge in [-0.3, -0.25) is 9.38 Å². The average Bonchev–Trinajstić information content (AvgIpc) is 3.06. The molecule has 1 atom stereocenters.